The predicted octanol–water partition coefficient (Wildman–Crippen LogP) is 2.42. The molecule has 3 heterocycles. The molecule has 94 valence electrons. The number of amides is 1. The third kappa shape index (κ3) is 2.14. The summed E-state index contributed by atoms with van der Waals surface area (Å²) in [4.78, 5) is 18.4. The zero-order valence-electron chi connectivity index (χ0n) is 9.97. The SMILES string of the molecule is O=C(Cn1ccc2ncc(Br)cc21)N1CCCC1. The number of aromatic nitrogens is 2. The fourth-order valence-electron chi connectivity index (χ4n) is 2.39. The molecule has 3 rings (SSSR count). The molecule has 1 amide bonds. The molecule has 0 unspecified atom stereocenters. The number of hydrogen-bond acceptors (Lipinski definition) is 2. The maximum atomic E-state index is 12.1. The van der Waals surface area contributed by atoms with E-state index in [1.54, 1.807) is 6.20 Å². The van der Waals surface area contributed by atoms with E-state index in [0.717, 1.165) is 41.4 Å². The van der Waals surface area contributed by atoms with Gasteiger partial charge in [0.1, 0.15) is 6.54 Å². The number of carbonyl (C=O) groups excluding carboxylic acids is 1. The van der Waals surface area contributed by atoms with Crippen LogP contribution in [0.3, 0.4) is 0 Å². The molecule has 1 fully saturated rings. The highest BCUT2D eigenvalue weighted by molar-refractivity contribution is 9.10. The summed E-state index contributed by atoms with van der Waals surface area (Å²) in [6.07, 6.45) is 5.96. The summed E-state index contributed by atoms with van der Waals surface area (Å²) < 4.78 is 2.90. The van der Waals surface area contributed by atoms with Gasteiger partial charge in [-0.25, -0.2) is 0 Å². The molecule has 4 nitrogen and oxygen atoms in total. The van der Waals surface area contributed by atoms with Crippen molar-refractivity contribution < 1.29 is 4.79 Å². The van der Waals surface area contributed by atoms with E-state index in [4.69, 9.17) is 0 Å². The first kappa shape index (κ1) is 11.7. The summed E-state index contributed by atoms with van der Waals surface area (Å²) >= 11 is 3.41. The van der Waals surface area contributed by atoms with Crippen LogP contribution in [0.25, 0.3) is 11.0 Å². The van der Waals surface area contributed by atoms with E-state index >= 15 is 0 Å². The largest absolute Gasteiger partial charge is 0.341 e. The highest BCUT2D eigenvalue weighted by Crippen LogP contribution is 2.19. The molecule has 1 saturated heterocycles. The van der Waals surface area contributed by atoms with Crippen molar-refractivity contribution in [2.75, 3.05) is 13.1 Å². The molecule has 0 radical (unpaired) electrons. The fraction of sp³-hybridized carbons (Fsp3) is 0.385. The van der Waals surface area contributed by atoms with Crippen LogP contribution in [0.4, 0.5) is 0 Å². The van der Waals surface area contributed by atoms with Gasteiger partial charge in [-0.05, 0) is 40.9 Å². The minimum Gasteiger partial charge on any atom is -0.341 e. The van der Waals surface area contributed by atoms with Crippen molar-refractivity contribution in [2.45, 2.75) is 19.4 Å². The fourth-order valence-corrected chi connectivity index (χ4v) is 2.71. The smallest absolute Gasteiger partial charge is 0.242 e. The van der Waals surface area contributed by atoms with Gasteiger partial charge in [0.05, 0.1) is 11.0 Å². The van der Waals surface area contributed by atoms with Crippen molar-refractivity contribution in [3.63, 3.8) is 0 Å². The molecular formula is C13H14BrN3O. The molecule has 18 heavy (non-hydrogen) atoms. The van der Waals surface area contributed by atoms with Gasteiger partial charge in [0.25, 0.3) is 0 Å². The summed E-state index contributed by atoms with van der Waals surface area (Å²) in [5.41, 5.74) is 1.92. The zero-order valence-corrected chi connectivity index (χ0v) is 11.6. The number of rotatable bonds is 2. The number of likely N-dealkylation sites (tertiary alicyclic amines) is 1. The molecular weight excluding hydrogens is 294 g/mol. The Labute approximate surface area is 114 Å². The highest BCUT2D eigenvalue weighted by Gasteiger charge is 2.18. The van der Waals surface area contributed by atoms with Gasteiger partial charge in [-0.1, -0.05) is 0 Å². The maximum absolute atomic E-state index is 12.1. The van der Waals surface area contributed by atoms with E-state index < -0.39 is 0 Å². The highest BCUT2D eigenvalue weighted by atomic mass is 79.9. The second-order valence-corrected chi connectivity index (χ2v) is 5.51. The Hall–Kier alpha value is -1.36. The number of carbonyl (C=O) groups is 1. The van der Waals surface area contributed by atoms with Crippen LogP contribution in [0.1, 0.15) is 12.8 Å². The van der Waals surface area contributed by atoms with Gasteiger partial charge in [0.2, 0.25) is 5.91 Å². The first-order valence-corrected chi connectivity index (χ1v) is 6.91. The van der Waals surface area contributed by atoms with Crippen molar-refractivity contribution in [3.05, 3.63) is 29.0 Å². The average Bonchev–Trinajstić information content (AvgIpc) is 2.99. The van der Waals surface area contributed by atoms with Crippen molar-refractivity contribution in [3.8, 4) is 0 Å². The van der Waals surface area contributed by atoms with Gasteiger partial charge in [0.15, 0.2) is 0 Å². The lowest BCUT2D eigenvalue weighted by molar-refractivity contribution is -0.130. The van der Waals surface area contributed by atoms with Gasteiger partial charge in [0, 0.05) is 30.0 Å². The molecule has 0 saturated carbocycles. The van der Waals surface area contributed by atoms with E-state index in [2.05, 4.69) is 20.9 Å². The molecule has 2 aromatic heterocycles. The lowest BCUT2D eigenvalue weighted by Crippen LogP contribution is -2.30. The lowest BCUT2D eigenvalue weighted by Gasteiger charge is -2.15. The molecule has 0 bridgehead atoms. The van der Waals surface area contributed by atoms with Crippen LogP contribution in [-0.2, 0) is 11.3 Å². The summed E-state index contributed by atoms with van der Waals surface area (Å²) in [5.74, 6) is 0.199. The Kier molecular flexibility index (Phi) is 3.07. The van der Waals surface area contributed by atoms with Gasteiger partial charge in [-0.3, -0.25) is 9.78 Å². The van der Waals surface area contributed by atoms with Crippen LogP contribution in [0, 0.1) is 0 Å². The van der Waals surface area contributed by atoms with E-state index in [9.17, 15) is 4.79 Å². The normalized spacial score (nSPS) is 15.5. The van der Waals surface area contributed by atoms with Crippen molar-refractivity contribution in [2.24, 2.45) is 0 Å². The number of pyridine rings is 1. The molecule has 0 N–H and O–H groups in total. The number of halogens is 1. The minimum atomic E-state index is 0.199. The molecule has 0 aliphatic carbocycles. The summed E-state index contributed by atoms with van der Waals surface area (Å²) in [5, 5.41) is 0. The molecule has 0 spiro atoms. The van der Waals surface area contributed by atoms with Crippen molar-refractivity contribution >= 4 is 32.9 Å². The van der Waals surface area contributed by atoms with E-state index in [1.807, 2.05) is 27.8 Å². The topological polar surface area (TPSA) is 38.1 Å². The molecule has 1 aliphatic heterocycles. The monoisotopic (exact) mass is 307 g/mol. The van der Waals surface area contributed by atoms with Gasteiger partial charge >= 0.3 is 0 Å². The third-order valence-corrected chi connectivity index (χ3v) is 3.78. The van der Waals surface area contributed by atoms with Crippen molar-refractivity contribution in [1.82, 2.24) is 14.5 Å². The van der Waals surface area contributed by atoms with E-state index in [-0.39, 0.29) is 5.91 Å². The number of hydrogen-bond donors (Lipinski definition) is 0. The number of fused-ring (bicyclic) bond motifs is 1. The lowest BCUT2D eigenvalue weighted by atomic mass is 10.4. The van der Waals surface area contributed by atoms with Crippen LogP contribution in [0.15, 0.2) is 29.0 Å². The van der Waals surface area contributed by atoms with Crippen molar-refractivity contribution in [1.29, 1.82) is 0 Å². The summed E-state index contributed by atoms with van der Waals surface area (Å²) in [6.45, 7) is 2.21. The van der Waals surface area contributed by atoms with E-state index in [0.29, 0.717) is 6.54 Å². The Morgan fingerprint density at radius 3 is 2.94 bits per heavy atom. The third-order valence-electron chi connectivity index (χ3n) is 3.35. The minimum absolute atomic E-state index is 0.199. The Bertz CT molecular complexity index is 587. The predicted molar refractivity (Wildman–Crippen MR) is 73.2 cm³/mol. The van der Waals surface area contributed by atoms with Crippen LogP contribution in [0.2, 0.25) is 0 Å². The van der Waals surface area contributed by atoms with Crippen LogP contribution in [-0.4, -0.2) is 33.4 Å². The Morgan fingerprint density at radius 1 is 1.39 bits per heavy atom. The van der Waals surface area contributed by atoms with Crippen LogP contribution in [0.5, 0.6) is 0 Å². The molecule has 5 heteroatoms. The summed E-state index contributed by atoms with van der Waals surface area (Å²) in [6, 6.07) is 3.94. The Morgan fingerprint density at radius 2 is 2.17 bits per heavy atom. The van der Waals surface area contributed by atoms with E-state index in [1.165, 1.54) is 0 Å². The second kappa shape index (κ2) is 4.72. The molecule has 0 atom stereocenters. The van der Waals surface area contributed by atoms with Crippen LogP contribution >= 0.6 is 15.9 Å². The second-order valence-electron chi connectivity index (χ2n) is 4.59. The summed E-state index contributed by atoms with van der Waals surface area (Å²) in [7, 11) is 0. The quantitative estimate of drug-likeness (QED) is 0.854. The zero-order chi connectivity index (χ0) is 12.5. The maximum Gasteiger partial charge on any atom is 0.242 e. The van der Waals surface area contributed by atoms with Gasteiger partial charge in [-0.2, -0.15) is 0 Å². The standard InChI is InChI=1S/C13H14BrN3O/c14-10-7-12-11(15-8-10)3-6-17(12)9-13(18)16-4-1-2-5-16/h3,6-8H,1-2,4-5,9H2. The number of nitrogens with zero attached hydrogens (tertiary/aromatic N) is 3. The first-order valence-electron chi connectivity index (χ1n) is 6.12. The van der Waals surface area contributed by atoms with Crippen LogP contribution < -0.4 is 0 Å². The average molecular weight is 308 g/mol. The molecule has 1 aliphatic rings. The molecule has 2 aromatic rings. The van der Waals surface area contributed by atoms with Gasteiger partial charge < -0.3 is 9.47 Å². The molecule has 0 aromatic carbocycles. The Balaban J connectivity index is 1.85. The first-order chi connectivity index (χ1) is 8.74. The van der Waals surface area contributed by atoms with Gasteiger partial charge in [-0.15, -0.1) is 0 Å².